The average molecular weight is 315 g/mol. The van der Waals surface area contributed by atoms with Gasteiger partial charge in [0, 0.05) is 36.2 Å². The van der Waals surface area contributed by atoms with Gasteiger partial charge in [0.2, 0.25) is 0 Å². The summed E-state index contributed by atoms with van der Waals surface area (Å²) in [6, 6.07) is 4.61. The van der Waals surface area contributed by atoms with Gasteiger partial charge in [0.05, 0.1) is 10.8 Å². The highest BCUT2D eigenvalue weighted by molar-refractivity contribution is 9.10. The standard InChI is InChI=1S/C11H11BrN2O4/c12-10-3-9(14(17)18)2-1-7(10)4-13-5-8(6-13)11(15)16/h1-3,8H,4-6H2,(H,15,16). The summed E-state index contributed by atoms with van der Waals surface area (Å²) in [4.78, 5) is 22.8. The Morgan fingerprint density at radius 2 is 2.22 bits per heavy atom. The molecular weight excluding hydrogens is 304 g/mol. The lowest BCUT2D eigenvalue weighted by atomic mass is 9.99. The van der Waals surface area contributed by atoms with Crippen LogP contribution in [0, 0.1) is 16.0 Å². The predicted octanol–water partition coefficient (Wildman–Crippen LogP) is 1.87. The Balaban J connectivity index is 1.99. The van der Waals surface area contributed by atoms with E-state index < -0.39 is 10.9 Å². The highest BCUT2D eigenvalue weighted by Crippen LogP contribution is 2.26. The summed E-state index contributed by atoms with van der Waals surface area (Å²) in [6.07, 6.45) is 0. The number of halogens is 1. The molecule has 1 aromatic rings. The van der Waals surface area contributed by atoms with Crippen LogP contribution in [0.2, 0.25) is 0 Å². The van der Waals surface area contributed by atoms with E-state index in [1.165, 1.54) is 12.1 Å². The van der Waals surface area contributed by atoms with Crippen LogP contribution in [0.15, 0.2) is 22.7 Å². The number of aliphatic carboxylic acids is 1. The van der Waals surface area contributed by atoms with Gasteiger partial charge in [-0.1, -0.05) is 15.9 Å². The van der Waals surface area contributed by atoms with Crippen molar-refractivity contribution >= 4 is 27.6 Å². The molecule has 0 aromatic heterocycles. The normalized spacial score (nSPS) is 16.3. The third kappa shape index (κ3) is 2.68. The monoisotopic (exact) mass is 314 g/mol. The summed E-state index contributed by atoms with van der Waals surface area (Å²) in [5.74, 6) is -1.06. The molecule has 0 radical (unpaired) electrons. The quantitative estimate of drug-likeness (QED) is 0.677. The molecule has 0 saturated carbocycles. The molecule has 0 spiro atoms. The van der Waals surface area contributed by atoms with E-state index in [1.807, 2.05) is 4.90 Å². The third-order valence-electron chi connectivity index (χ3n) is 2.95. The van der Waals surface area contributed by atoms with Crippen LogP contribution in [0.25, 0.3) is 0 Å². The van der Waals surface area contributed by atoms with E-state index in [9.17, 15) is 14.9 Å². The number of non-ortho nitro benzene ring substituents is 1. The van der Waals surface area contributed by atoms with E-state index in [-0.39, 0.29) is 11.6 Å². The molecule has 0 aliphatic carbocycles. The van der Waals surface area contributed by atoms with Crippen molar-refractivity contribution < 1.29 is 14.8 Å². The van der Waals surface area contributed by atoms with Gasteiger partial charge < -0.3 is 5.11 Å². The van der Waals surface area contributed by atoms with Crippen LogP contribution in [0.5, 0.6) is 0 Å². The van der Waals surface area contributed by atoms with E-state index >= 15 is 0 Å². The minimum absolute atomic E-state index is 0.0395. The second-order valence-corrected chi connectivity index (χ2v) is 5.12. The summed E-state index contributed by atoms with van der Waals surface area (Å²) in [5.41, 5.74) is 0.960. The zero-order chi connectivity index (χ0) is 13.3. The summed E-state index contributed by atoms with van der Waals surface area (Å²) in [6.45, 7) is 1.65. The van der Waals surface area contributed by atoms with Crippen LogP contribution in [-0.4, -0.2) is 34.0 Å². The van der Waals surface area contributed by atoms with Gasteiger partial charge in [0.25, 0.3) is 5.69 Å². The maximum absolute atomic E-state index is 10.7. The Hall–Kier alpha value is -1.47. The molecular formula is C11H11BrN2O4. The Morgan fingerprint density at radius 3 is 2.72 bits per heavy atom. The minimum Gasteiger partial charge on any atom is -0.481 e. The number of carbonyl (C=O) groups is 1. The Bertz CT molecular complexity index is 500. The van der Waals surface area contributed by atoms with Gasteiger partial charge in [-0.3, -0.25) is 19.8 Å². The molecule has 96 valence electrons. The molecule has 0 unspecified atom stereocenters. The first kappa shape index (κ1) is 13.0. The molecule has 1 saturated heterocycles. The van der Waals surface area contributed by atoms with E-state index in [1.54, 1.807) is 6.07 Å². The first-order valence-corrected chi connectivity index (χ1v) is 6.14. The fourth-order valence-electron chi connectivity index (χ4n) is 1.87. The predicted molar refractivity (Wildman–Crippen MR) is 67.2 cm³/mol. The first-order chi connectivity index (χ1) is 8.47. The molecule has 1 heterocycles. The summed E-state index contributed by atoms with van der Waals surface area (Å²) < 4.78 is 0.676. The number of likely N-dealkylation sites (tertiary alicyclic amines) is 1. The van der Waals surface area contributed by atoms with E-state index in [4.69, 9.17) is 5.11 Å². The lowest BCUT2D eigenvalue weighted by molar-refractivity contribution is -0.384. The van der Waals surface area contributed by atoms with E-state index in [2.05, 4.69) is 15.9 Å². The first-order valence-electron chi connectivity index (χ1n) is 5.35. The van der Waals surface area contributed by atoms with Gasteiger partial charge in [0.1, 0.15) is 0 Å². The van der Waals surface area contributed by atoms with Crippen molar-refractivity contribution in [3.63, 3.8) is 0 Å². The molecule has 1 aliphatic rings. The number of benzene rings is 1. The average Bonchev–Trinajstić information content (AvgIpc) is 2.23. The summed E-state index contributed by atoms with van der Waals surface area (Å²) in [5, 5.41) is 19.3. The SMILES string of the molecule is O=C(O)C1CN(Cc2ccc([N+](=O)[O-])cc2Br)C1. The fourth-order valence-corrected chi connectivity index (χ4v) is 2.37. The molecule has 0 atom stereocenters. The number of nitro groups is 1. The lowest BCUT2D eigenvalue weighted by Gasteiger charge is -2.36. The largest absolute Gasteiger partial charge is 0.481 e. The second-order valence-electron chi connectivity index (χ2n) is 4.26. The number of hydrogen-bond donors (Lipinski definition) is 1. The van der Waals surface area contributed by atoms with Crippen molar-refractivity contribution in [3.8, 4) is 0 Å². The molecule has 0 bridgehead atoms. The molecule has 1 aromatic carbocycles. The lowest BCUT2D eigenvalue weighted by Crippen LogP contribution is -2.49. The van der Waals surface area contributed by atoms with Gasteiger partial charge in [-0.15, -0.1) is 0 Å². The van der Waals surface area contributed by atoms with Crippen molar-refractivity contribution in [1.82, 2.24) is 4.90 Å². The zero-order valence-corrected chi connectivity index (χ0v) is 11.0. The van der Waals surface area contributed by atoms with Gasteiger partial charge in [0.15, 0.2) is 0 Å². The molecule has 1 aliphatic heterocycles. The molecule has 6 nitrogen and oxygen atoms in total. The van der Waals surface area contributed by atoms with Crippen molar-refractivity contribution in [1.29, 1.82) is 0 Å². The molecule has 1 N–H and O–H groups in total. The van der Waals surface area contributed by atoms with Crippen LogP contribution in [0.1, 0.15) is 5.56 Å². The van der Waals surface area contributed by atoms with Gasteiger partial charge in [-0.05, 0) is 11.6 Å². The number of carboxylic acids is 1. The molecule has 2 rings (SSSR count). The summed E-state index contributed by atoms with van der Waals surface area (Å²) in [7, 11) is 0. The van der Waals surface area contributed by atoms with Crippen LogP contribution in [0.4, 0.5) is 5.69 Å². The molecule has 7 heteroatoms. The van der Waals surface area contributed by atoms with Crippen molar-refractivity contribution in [2.24, 2.45) is 5.92 Å². The number of rotatable bonds is 4. The Kier molecular flexibility index (Phi) is 3.63. The zero-order valence-electron chi connectivity index (χ0n) is 9.38. The van der Waals surface area contributed by atoms with Gasteiger partial charge >= 0.3 is 5.97 Å². The number of nitro benzene ring substituents is 1. The number of nitrogens with zero attached hydrogens (tertiary/aromatic N) is 2. The molecule has 18 heavy (non-hydrogen) atoms. The maximum Gasteiger partial charge on any atom is 0.309 e. The highest BCUT2D eigenvalue weighted by Gasteiger charge is 2.32. The Labute approximate surface area is 111 Å². The van der Waals surface area contributed by atoms with Crippen LogP contribution in [-0.2, 0) is 11.3 Å². The highest BCUT2D eigenvalue weighted by atomic mass is 79.9. The van der Waals surface area contributed by atoms with Crippen LogP contribution >= 0.6 is 15.9 Å². The second kappa shape index (κ2) is 5.03. The van der Waals surface area contributed by atoms with Crippen LogP contribution < -0.4 is 0 Å². The van der Waals surface area contributed by atoms with Crippen LogP contribution in [0.3, 0.4) is 0 Å². The Morgan fingerprint density at radius 1 is 1.56 bits per heavy atom. The minimum atomic E-state index is -0.769. The number of carboxylic acid groups (broad SMARTS) is 1. The van der Waals surface area contributed by atoms with Crippen molar-refractivity contribution in [2.45, 2.75) is 6.54 Å². The van der Waals surface area contributed by atoms with E-state index in [0.29, 0.717) is 24.1 Å². The van der Waals surface area contributed by atoms with Gasteiger partial charge in [-0.2, -0.15) is 0 Å². The van der Waals surface area contributed by atoms with Gasteiger partial charge in [-0.25, -0.2) is 0 Å². The smallest absolute Gasteiger partial charge is 0.309 e. The molecule has 0 amide bonds. The third-order valence-corrected chi connectivity index (χ3v) is 3.69. The van der Waals surface area contributed by atoms with Crippen molar-refractivity contribution in [2.75, 3.05) is 13.1 Å². The molecule has 1 fully saturated rings. The number of hydrogen-bond acceptors (Lipinski definition) is 4. The van der Waals surface area contributed by atoms with E-state index in [0.717, 1.165) is 5.56 Å². The topological polar surface area (TPSA) is 83.7 Å². The van der Waals surface area contributed by atoms with Crippen molar-refractivity contribution in [3.05, 3.63) is 38.3 Å². The maximum atomic E-state index is 10.7. The summed E-state index contributed by atoms with van der Waals surface area (Å²) >= 11 is 3.29. The fraction of sp³-hybridized carbons (Fsp3) is 0.364.